The van der Waals surface area contributed by atoms with Gasteiger partial charge in [0.05, 0.1) is 4.90 Å². The maximum atomic E-state index is 13.4. The molecule has 2 unspecified atom stereocenters. The summed E-state index contributed by atoms with van der Waals surface area (Å²) in [5.74, 6) is -0.0764. The third-order valence-electron chi connectivity index (χ3n) is 3.93. The lowest BCUT2D eigenvalue weighted by Crippen LogP contribution is -2.49. The lowest BCUT2D eigenvalue weighted by molar-refractivity contribution is 0.211. The zero-order valence-electron chi connectivity index (χ0n) is 12.3. The first kappa shape index (κ1) is 18.4. The zero-order chi connectivity index (χ0) is 14.9. The number of hydrogen-bond acceptors (Lipinski definition) is 3. The van der Waals surface area contributed by atoms with Crippen LogP contribution in [0.15, 0.2) is 23.1 Å². The number of aryl methyl sites for hydroxylation is 1. The molecule has 0 radical (unpaired) electrons. The predicted molar refractivity (Wildman–Crippen MR) is 83.5 cm³/mol. The van der Waals surface area contributed by atoms with Gasteiger partial charge in [0.25, 0.3) is 0 Å². The highest BCUT2D eigenvalue weighted by atomic mass is 35.5. The van der Waals surface area contributed by atoms with Gasteiger partial charge in [-0.25, -0.2) is 12.8 Å². The van der Waals surface area contributed by atoms with Gasteiger partial charge in [-0.2, -0.15) is 4.31 Å². The van der Waals surface area contributed by atoms with E-state index in [1.54, 1.807) is 6.92 Å². The Balaban J connectivity index is 0.00000220. The second-order valence-corrected chi connectivity index (χ2v) is 7.40. The van der Waals surface area contributed by atoms with Gasteiger partial charge in [-0.05, 0) is 43.4 Å². The number of benzene rings is 1. The quantitative estimate of drug-likeness (QED) is 0.921. The standard InChI is InChI=1S/C14H21FN2O2S.ClH/c1-10-5-6-17(13(7-10)9-16)20(18,19)14-8-12(15)4-3-11(14)2;/h3-4,8,10,13H,5-7,9,16H2,1-2H3;1H. The summed E-state index contributed by atoms with van der Waals surface area (Å²) >= 11 is 0. The van der Waals surface area contributed by atoms with Crippen molar-refractivity contribution < 1.29 is 12.8 Å². The van der Waals surface area contributed by atoms with E-state index in [2.05, 4.69) is 6.92 Å². The number of rotatable bonds is 3. The van der Waals surface area contributed by atoms with Crippen LogP contribution in [0.25, 0.3) is 0 Å². The molecule has 1 saturated heterocycles. The molecule has 0 aliphatic carbocycles. The summed E-state index contributed by atoms with van der Waals surface area (Å²) < 4.78 is 40.3. The van der Waals surface area contributed by atoms with E-state index < -0.39 is 15.8 Å². The van der Waals surface area contributed by atoms with Crippen molar-refractivity contribution in [2.24, 2.45) is 11.7 Å². The van der Waals surface area contributed by atoms with E-state index in [0.717, 1.165) is 18.9 Å². The van der Waals surface area contributed by atoms with Gasteiger partial charge in [-0.3, -0.25) is 0 Å². The first-order valence-electron chi connectivity index (χ1n) is 6.84. The Morgan fingerprint density at radius 2 is 2.10 bits per heavy atom. The summed E-state index contributed by atoms with van der Waals surface area (Å²) in [7, 11) is -3.69. The Morgan fingerprint density at radius 3 is 2.71 bits per heavy atom. The molecule has 0 aromatic heterocycles. The Morgan fingerprint density at radius 1 is 1.43 bits per heavy atom. The summed E-state index contributed by atoms with van der Waals surface area (Å²) in [6, 6.07) is 3.65. The van der Waals surface area contributed by atoms with Gasteiger partial charge in [0.2, 0.25) is 10.0 Å². The molecule has 1 aliphatic rings. The normalized spacial score (nSPS) is 23.6. The van der Waals surface area contributed by atoms with Crippen LogP contribution in [-0.2, 0) is 10.0 Å². The highest BCUT2D eigenvalue weighted by Gasteiger charge is 2.35. The van der Waals surface area contributed by atoms with Gasteiger partial charge in [0.15, 0.2) is 0 Å². The van der Waals surface area contributed by atoms with Crippen molar-refractivity contribution in [3.05, 3.63) is 29.6 Å². The topological polar surface area (TPSA) is 63.4 Å². The number of piperidine rings is 1. The monoisotopic (exact) mass is 336 g/mol. The van der Waals surface area contributed by atoms with Gasteiger partial charge >= 0.3 is 0 Å². The van der Waals surface area contributed by atoms with Crippen LogP contribution in [0.1, 0.15) is 25.3 Å². The van der Waals surface area contributed by atoms with Crippen molar-refractivity contribution in [1.82, 2.24) is 4.31 Å². The minimum atomic E-state index is -3.69. The van der Waals surface area contributed by atoms with E-state index in [4.69, 9.17) is 5.73 Å². The fourth-order valence-corrected chi connectivity index (χ4v) is 4.64. The predicted octanol–water partition coefficient (Wildman–Crippen LogP) is 2.30. The molecule has 120 valence electrons. The SMILES string of the molecule is Cc1ccc(F)cc1S(=O)(=O)N1CCC(C)CC1CN.Cl. The molecule has 2 rings (SSSR count). The molecular formula is C14H22ClFN2O2S. The summed E-state index contributed by atoms with van der Waals surface area (Å²) in [6.45, 7) is 4.51. The molecule has 1 aromatic rings. The molecule has 0 saturated carbocycles. The molecule has 0 amide bonds. The molecule has 1 aliphatic heterocycles. The van der Waals surface area contributed by atoms with Crippen molar-refractivity contribution in [2.75, 3.05) is 13.1 Å². The molecule has 1 aromatic carbocycles. The zero-order valence-corrected chi connectivity index (χ0v) is 13.9. The summed E-state index contributed by atoms with van der Waals surface area (Å²) in [6.07, 6.45) is 1.56. The molecule has 7 heteroatoms. The highest BCUT2D eigenvalue weighted by molar-refractivity contribution is 7.89. The summed E-state index contributed by atoms with van der Waals surface area (Å²) in [4.78, 5) is 0.0468. The number of sulfonamides is 1. The largest absolute Gasteiger partial charge is 0.329 e. The van der Waals surface area contributed by atoms with Crippen molar-refractivity contribution in [2.45, 2.75) is 37.6 Å². The number of nitrogens with two attached hydrogens (primary N) is 1. The third-order valence-corrected chi connectivity index (χ3v) is 6.03. The van der Waals surface area contributed by atoms with Gasteiger partial charge in [0, 0.05) is 19.1 Å². The first-order chi connectivity index (χ1) is 9.36. The maximum absolute atomic E-state index is 13.4. The average molecular weight is 337 g/mol. The van der Waals surface area contributed by atoms with Crippen LogP contribution in [0.5, 0.6) is 0 Å². The average Bonchev–Trinajstić information content (AvgIpc) is 2.40. The fourth-order valence-electron chi connectivity index (χ4n) is 2.74. The molecule has 0 spiro atoms. The van der Waals surface area contributed by atoms with E-state index >= 15 is 0 Å². The molecule has 0 bridgehead atoms. The van der Waals surface area contributed by atoms with Crippen molar-refractivity contribution in [1.29, 1.82) is 0 Å². The summed E-state index contributed by atoms with van der Waals surface area (Å²) in [5.41, 5.74) is 6.27. The fraction of sp³-hybridized carbons (Fsp3) is 0.571. The molecular weight excluding hydrogens is 315 g/mol. The lowest BCUT2D eigenvalue weighted by Gasteiger charge is -2.37. The lowest BCUT2D eigenvalue weighted by atomic mass is 9.94. The van der Waals surface area contributed by atoms with Crippen molar-refractivity contribution in [3.8, 4) is 0 Å². The molecule has 4 nitrogen and oxygen atoms in total. The van der Waals surface area contributed by atoms with E-state index in [1.807, 2.05) is 0 Å². The van der Waals surface area contributed by atoms with E-state index in [-0.39, 0.29) is 29.9 Å². The number of halogens is 2. The molecule has 2 N–H and O–H groups in total. The van der Waals surface area contributed by atoms with Crippen LogP contribution >= 0.6 is 12.4 Å². The van der Waals surface area contributed by atoms with E-state index in [1.165, 1.54) is 16.4 Å². The smallest absolute Gasteiger partial charge is 0.243 e. The molecule has 21 heavy (non-hydrogen) atoms. The Labute approximate surface area is 132 Å². The highest BCUT2D eigenvalue weighted by Crippen LogP contribution is 2.29. The molecule has 1 heterocycles. The Hall–Kier alpha value is -0.690. The maximum Gasteiger partial charge on any atom is 0.243 e. The van der Waals surface area contributed by atoms with Crippen LogP contribution < -0.4 is 5.73 Å². The van der Waals surface area contributed by atoms with Crippen LogP contribution in [0, 0.1) is 18.7 Å². The first-order valence-corrected chi connectivity index (χ1v) is 8.28. The van der Waals surface area contributed by atoms with Crippen LogP contribution in [-0.4, -0.2) is 31.9 Å². The molecule has 1 fully saturated rings. The van der Waals surface area contributed by atoms with Gasteiger partial charge in [0.1, 0.15) is 5.82 Å². The van der Waals surface area contributed by atoms with E-state index in [0.29, 0.717) is 18.0 Å². The van der Waals surface area contributed by atoms with Crippen molar-refractivity contribution in [3.63, 3.8) is 0 Å². The Bertz CT molecular complexity index is 595. The van der Waals surface area contributed by atoms with Gasteiger partial charge < -0.3 is 5.73 Å². The Kier molecular flexibility index (Phi) is 6.16. The van der Waals surface area contributed by atoms with Crippen LogP contribution in [0.3, 0.4) is 0 Å². The summed E-state index contributed by atoms with van der Waals surface area (Å²) in [5, 5.41) is 0. The second-order valence-electron chi connectivity index (χ2n) is 5.54. The van der Waals surface area contributed by atoms with E-state index in [9.17, 15) is 12.8 Å². The minimum Gasteiger partial charge on any atom is -0.329 e. The van der Waals surface area contributed by atoms with Crippen LogP contribution in [0.2, 0.25) is 0 Å². The minimum absolute atomic E-state index is 0. The van der Waals surface area contributed by atoms with Gasteiger partial charge in [-0.15, -0.1) is 12.4 Å². The van der Waals surface area contributed by atoms with Gasteiger partial charge in [-0.1, -0.05) is 13.0 Å². The number of nitrogens with zero attached hydrogens (tertiary/aromatic N) is 1. The second kappa shape index (κ2) is 7.05. The van der Waals surface area contributed by atoms with Crippen molar-refractivity contribution >= 4 is 22.4 Å². The number of hydrogen-bond donors (Lipinski definition) is 1. The third kappa shape index (κ3) is 3.74. The molecule has 2 atom stereocenters. The van der Waals surface area contributed by atoms with Crippen LogP contribution in [0.4, 0.5) is 4.39 Å².